The van der Waals surface area contributed by atoms with E-state index < -0.39 is 0 Å². The van der Waals surface area contributed by atoms with Crippen LogP contribution in [0.3, 0.4) is 0 Å². The van der Waals surface area contributed by atoms with Crippen LogP contribution in [0, 0.1) is 5.92 Å². The van der Waals surface area contributed by atoms with Crippen LogP contribution in [0.15, 0.2) is 24.3 Å². The highest BCUT2D eigenvalue weighted by Crippen LogP contribution is 2.20. The Kier molecular flexibility index (Phi) is 6.85. The Bertz CT molecular complexity index is 313. The summed E-state index contributed by atoms with van der Waals surface area (Å²) in [6, 6.07) is 8.55. The van der Waals surface area contributed by atoms with E-state index >= 15 is 0 Å². The number of hydrogen-bond donors (Lipinski definition) is 0. The molecule has 0 aromatic heterocycles. The largest absolute Gasteiger partial charge is 0.493 e. The van der Waals surface area contributed by atoms with E-state index in [1.165, 1.54) is 31.2 Å². The first-order valence-electron chi connectivity index (χ1n) is 7.40. The molecule has 1 nitrogen and oxygen atoms in total. The highest BCUT2D eigenvalue weighted by atomic mass is 16.5. The lowest BCUT2D eigenvalue weighted by atomic mass is 10.0. The molecule has 0 spiro atoms. The Hall–Kier alpha value is -0.980. The first kappa shape index (κ1) is 15.1. The van der Waals surface area contributed by atoms with Gasteiger partial charge in [-0.1, -0.05) is 59.1 Å². The van der Waals surface area contributed by atoms with Crippen molar-refractivity contribution >= 4 is 0 Å². The second kappa shape index (κ2) is 8.18. The molecule has 0 amide bonds. The molecule has 18 heavy (non-hydrogen) atoms. The third-order valence-corrected chi connectivity index (χ3v) is 3.58. The fraction of sp³-hybridized carbons (Fsp3) is 0.647. The monoisotopic (exact) mass is 248 g/mol. The van der Waals surface area contributed by atoms with Crippen molar-refractivity contribution in [2.45, 2.75) is 59.3 Å². The van der Waals surface area contributed by atoms with Gasteiger partial charge in [-0.25, -0.2) is 0 Å². The first-order valence-corrected chi connectivity index (χ1v) is 7.40. The van der Waals surface area contributed by atoms with Crippen molar-refractivity contribution in [2.24, 2.45) is 5.92 Å². The standard InChI is InChI=1S/C17H28O/c1-5-7-8-15(6-2)13-18-17-11-9-16(10-12-17)14(3)4/h9-12,14-15H,5-8,13H2,1-4H3. The zero-order chi connectivity index (χ0) is 13.4. The van der Waals surface area contributed by atoms with Crippen LogP contribution in [0.4, 0.5) is 0 Å². The normalized spacial score (nSPS) is 12.7. The third-order valence-electron chi connectivity index (χ3n) is 3.58. The summed E-state index contributed by atoms with van der Waals surface area (Å²) in [5, 5.41) is 0. The highest BCUT2D eigenvalue weighted by Gasteiger charge is 2.07. The average Bonchev–Trinajstić information content (AvgIpc) is 2.39. The third kappa shape index (κ3) is 5.12. The Labute approximate surface area is 113 Å². The van der Waals surface area contributed by atoms with Gasteiger partial charge in [0, 0.05) is 0 Å². The molecular formula is C17H28O. The predicted octanol–water partition coefficient (Wildman–Crippen LogP) is 5.41. The maximum atomic E-state index is 5.89. The molecule has 1 aromatic carbocycles. The number of benzene rings is 1. The maximum absolute atomic E-state index is 5.89. The molecule has 0 aliphatic rings. The van der Waals surface area contributed by atoms with Crippen molar-refractivity contribution in [1.29, 1.82) is 0 Å². The number of unbranched alkanes of at least 4 members (excludes halogenated alkanes) is 1. The molecule has 0 aliphatic heterocycles. The number of ether oxygens (including phenoxy) is 1. The molecule has 1 heteroatoms. The smallest absolute Gasteiger partial charge is 0.119 e. The van der Waals surface area contributed by atoms with Crippen molar-refractivity contribution in [3.05, 3.63) is 29.8 Å². The van der Waals surface area contributed by atoms with Gasteiger partial charge in [0.25, 0.3) is 0 Å². The van der Waals surface area contributed by atoms with E-state index in [1.807, 2.05) is 0 Å². The second-order valence-corrected chi connectivity index (χ2v) is 5.45. The van der Waals surface area contributed by atoms with Crippen LogP contribution in [0.5, 0.6) is 5.75 Å². The van der Waals surface area contributed by atoms with E-state index in [9.17, 15) is 0 Å². The molecule has 1 aromatic rings. The van der Waals surface area contributed by atoms with Gasteiger partial charge in [0.2, 0.25) is 0 Å². The van der Waals surface area contributed by atoms with Gasteiger partial charge in [-0.2, -0.15) is 0 Å². The quantitative estimate of drug-likeness (QED) is 0.598. The van der Waals surface area contributed by atoms with Crippen LogP contribution >= 0.6 is 0 Å². The van der Waals surface area contributed by atoms with Gasteiger partial charge in [-0.15, -0.1) is 0 Å². The van der Waals surface area contributed by atoms with E-state index in [0.29, 0.717) is 11.8 Å². The fourth-order valence-corrected chi connectivity index (χ4v) is 2.06. The summed E-state index contributed by atoms with van der Waals surface area (Å²) in [5.74, 6) is 2.30. The summed E-state index contributed by atoms with van der Waals surface area (Å²) in [6.07, 6.45) is 5.09. The molecule has 0 N–H and O–H groups in total. The van der Waals surface area contributed by atoms with Crippen LogP contribution < -0.4 is 4.74 Å². The molecule has 0 radical (unpaired) electrons. The van der Waals surface area contributed by atoms with Crippen LogP contribution in [0.2, 0.25) is 0 Å². The molecular weight excluding hydrogens is 220 g/mol. The molecule has 102 valence electrons. The average molecular weight is 248 g/mol. The summed E-state index contributed by atoms with van der Waals surface area (Å²) in [5.41, 5.74) is 1.38. The minimum absolute atomic E-state index is 0.590. The lowest BCUT2D eigenvalue weighted by molar-refractivity contribution is 0.233. The topological polar surface area (TPSA) is 9.23 Å². The van der Waals surface area contributed by atoms with Gasteiger partial charge < -0.3 is 4.74 Å². The molecule has 0 saturated heterocycles. The molecule has 1 unspecified atom stereocenters. The lowest BCUT2D eigenvalue weighted by Crippen LogP contribution is -2.11. The molecule has 0 fully saturated rings. The minimum atomic E-state index is 0.590. The summed E-state index contributed by atoms with van der Waals surface area (Å²) in [6.45, 7) is 9.79. The van der Waals surface area contributed by atoms with Gasteiger partial charge >= 0.3 is 0 Å². The van der Waals surface area contributed by atoms with Gasteiger partial charge in [0.05, 0.1) is 6.61 Å². The van der Waals surface area contributed by atoms with Crippen LogP contribution in [-0.2, 0) is 0 Å². The lowest BCUT2D eigenvalue weighted by Gasteiger charge is -2.16. The zero-order valence-corrected chi connectivity index (χ0v) is 12.4. The number of rotatable bonds is 8. The van der Waals surface area contributed by atoms with Gasteiger partial charge in [-0.05, 0) is 36.0 Å². The Balaban J connectivity index is 2.42. The van der Waals surface area contributed by atoms with Crippen molar-refractivity contribution in [2.75, 3.05) is 6.61 Å². The molecule has 0 saturated carbocycles. The highest BCUT2D eigenvalue weighted by molar-refractivity contribution is 5.28. The maximum Gasteiger partial charge on any atom is 0.119 e. The summed E-state index contributed by atoms with van der Waals surface area (Å²) >= 11 is 0. The fourth-order valence-electron chi connectivity index (χ4n) is 2.06. The predicted molar refractivity (Wildman–Crippen MR) is 79.3 cm³/mol. The van der Waals surface area contributed by atoms with E-state index in [-0.39, 0.29) is 0 Å². The zero-order valence-electron chi connectivity index (χ0n) is 12.4. The summed E-state index contributed by atoms with van der Waals surface area (Å²) in [7, 11) is 0. The molecule has 0 heterocycles. The Morgan fingerprint density at radius 3 is 2.22 bits per heavy atom. The summed E-state index contributed by atoms with van der Waals surface area (Å²) in [4.78, 5) is 0. The van der Waals surface area contributed by atoms with E-state index in [4.69, 9.17) is 4.74 Å². The molecule has 0 aliphatic carbocycles. The van der Waals surface area contributed by atoms with Crippen LogP contribution in [-0.4, -0.2) is 6.61 Å². The Morgan fingerprint density at radius 2 is 1.72 bits per heavy atom. The second-order valence-electron chi connectivity index (χ2n) is 5.45. The SMILES string of the molecule is CCCCC(CC)COc1ccc(C(C)C)cc1. The molecule has 0 bridgehead atoms. The van der Waals surface area contributed by atoms with E-state index in [1.54, 1.807) is 0 Å². The summed E-state index contributed by atoms with van der Waals surface area (Å²) < 4.78 is 5.89. The van der Waals surface area contributed by atoms with Crippen molar-refractivity contribution in [1.82, 2.24) is 0 Å². The van der Waals surface area contributed by atoms with Crippen LogP contribution in [0.1, 0.15) is 64.9 Å². The first-order chi connectivity index (χ1) is 8.67. The molecule has 1 atom stereocenters. The minimum Gasteiger partial charge on any atom is -0.493 e. The van der Waals surface area contributed by atoms with E-state index in [0.717, 1.165) is 12.4 Å². The molecule has 1 rings (SSSR count). The van der Waals surface area contributed by atoms with E-state index in [2.05, 4.69) is 52.0 Å². The van der Waals surface area contributed by atoms with Gasteiger partial charge in [-0.3, -0.25) is 0 Å². The van der Waals surface area contributed by atoms with Crippen molar-refractivity contribution < 1.29 is 4.74 Å². The van der Waals surface area contributed by atoms with Crippen molar-refractivity contribution in [3.63, 3.8) is 0 Å². The van der Waals surface area contributed by atoms with Gasteiger partial charge in [0.15, 0.2) is 0 Å². The van der Waals surface area contributed by atoms with Crippen LogP contribution in [0.25, 0.3) is 0 Å². The van der Waals surface area contributed by atoms with Crippen molar-refractivity contribution in [3.8, 4) is 5.75 Å². The van der Waals surface area contributed by atoms with Gasteiger partial charge in [0.1, 0.15) is 5.75 Å². The number of hydrogen-bond acceptors (Lipinski definition) is 1. The Morgan fingerprint density at radius 1 is 1.06 bits per heavy atom.